The van der Waals surface area contributed by atoms with Gasteiger partial charge < -0.3 is 4.18 Å². The van der Waals surface area contributed by atoms with E-state index in [1.54, 1.807) is 0 Å². The van der Waals surface area contributed by atoms with Crippen molar-refractivity contribution in [2.45, 2.75) is 17.6 Å². The van der Waals surface area contributed by atoms with Gasteiger partial charge in [0.1, 0.15) is 0 Å². The summed E-state index contributed by atoms with van der Waals surface area (Å²) in [6.07, 6.45) is -6.43. The van der Waals surface area contributed by atoms with E-state index in [4.69, 9.17) is 0 Å². The van der Waals surface area contributed by atoms with E-state index in [0.29, 0.717) is 0 Å². The summed E-state index contributed by atoms with van der Waals surface area (Å²) >= 11 is -4.58. The Kier molecular flexibility index (Phi) is 3.90. The highest BCUT2D eigenvalue weighted by Crippen LogP contribution is 2.37. The van der Waals surface area contributed by atoms with Gasteiger partial charge in [-0.2, -0.15) is 35.1 Å². The molecule has 0 saturated carbocycles. The van der Waals surface area contributed by atoms with E-state index in [0.717, 1.165) is 0 Å². The molecule has 0 N–H and O–H groups in total. The molecule has 3 nitrogen and oxygen atoms in total. The Balaban J connectivity index is 4.80. The summed E-state index contributed by atoms with van der Waals surface area (Å²) in [6.45, 7) is 0. The third-order valence-electron chi connectivity index (χ3n) is 0.953. The van der Waals surface area contributed by atoms with Crippen LogP contribution >= 0.6 is 0 Å². The van der Waals surface area contributed by atoms with E-state index in [-0.39, 0.29) is 0 Å². The molecule has 12 heteroatoms. The molecular weight excluding hydrogens is 280 g/mol. The van der Waals surface area contributed by atoms with Crippen molar-refractivity contribution in [1.29, 1.82) is 0 Å². The van der Waals surface area contributed by atoms with Crippen molar-refractivity contribution in [2.75, 3.05) is 0 Å². The first kappa shape index (κ1) is 15.1. The van der Waals surface area contributed by atoms with Crippen LogP contribution in [0, 0.1) is 0 Å². The van der Waals surface area contributed by atoms with Gasteiger partial charge in [-0.25, -0.2) is 9.00 Å². The molecule has 1 atom stereocenters. The van der Waals surface area contributed by atoms with E-state index in [9.17, 15) is 44.1 Å². The zero-order chi connectivity index (χ0) is 13.4. The minimum atomic E-state index is -6.43. The summed E-state index contributed by atoms with van der Waals surface area (Å²) in [5, 5.41) is 0. The SMILES string of the molecule is O=C(OS(=O)C(F)(F)F)C(F)(F)C(F)(F)F. The zero-order valence-corrected chi connectivity index (χ0v) is 7.47. The van der Waals surface area contributed by atoms with Crippen LogP contribution in [-0.4, -0.2) is 27.8 Å². The maximum atomic E-state index is 12.0. The van der Waals surface area contributed by atoms with Gasteiger partial charge >= 0.3 is 34.7 Å². The minimum absolute atomic E-state index is 2.44. The second-order valence-corrected chi connectivity index (χ2v) is 3.22. The predicted molar refractivity (Wildman–Crippen MR) is 31.3 cm³/mol. The lowest BCUT2D eigenvalue weighted by Gasteiger charge is -2.17. The average Bonchev–Trinajstić information content (AvgIpc) is 1.99. The molecule has 0 aromatic carbocycles. The molecule has 0 radical (unpaired) electrons. The fourth-order valence-corrected chi connectivity index (χ4v) is 0.621. The Morgan fingerprint density at radius 2 is 1.31 bits per heavy atom. The Morgan fingerprint density at radius 3 is 1.56 bits per heavy atom. The molecule has 0 amide bonds. The van der Waals surface area contributed by atoms with Crippen LogP contribution in [0.15, 0.2) is 0 Å². The second kappa shape index (κ2) is 4.14. The summed E-state index contributed by atoms with van der Waals surface area (Å²) in [4.78, 5) is 9.98. The third-order valence-corrected chi connectivity index (χ3v) is 1.63. The number of hydrogen-bond acceptors (Lipinski definition) is 3. The largest absolute Gasteiger partial charge is 0.508 e. The van der Waals surface area contributed by atoms with Crippen LogP contribution in [0.4, 0.5) is 35.1 Å². The number of rotatable bonds is 2. The average molecular weight is 280 g/mol. The van der Waals surface area contributed by atoms with Crippen molar-refractivity contribution < 1.29 is 48.3 Å². The van der Waals surface area contributed by atoms with Crippen molar-refractivity contribution in [3.8, 4) is 0 Å². The Morgan fingerprint density at radius 1 is 0.938 bits per heavy atom. The number of alkyl halides is 8. The van der Waals surface area contributed by atoms with Gasteiger partial charge in [-0.05, 0) is 0 Å². The van der Waals surface area contributed by atoms with Gasteiger partial charge in [-0.3, -0.25) is 0 Å². The third kappa shape index (κ3) is 3.28. The van der Waals surface area contributed by atoms with Gasteiger partial charge in [0.2, 0.25) is 0 Å². The molecule has 16 heavy (non-hydrogen) atoms. The van der Waals surface area contributed by atoms with Gasteiger partial charge in [0.15, 0.2) is 0 Å². The zero-order valence-electron chi connectivity index (χ0n) is 6.66. The molecule has 0 aliphatic heterocycles. The monoisotopic (exact) mass is 280 g/mol. The number of halogens is 8. The first-order valence-electron chi connectivity index (χ1n) is 2.96. The van der Waals surface area contributed by atoms with Crippen LogP contribution in [0.5, 0.6) is 0 Å². The van der Waals surface area contributed by atoms with Gasteiger partial charge in [-0.1, -0.05) is 0 Å². The molecule has 0 rings (SSSR count). The molecule has 1 unspecified atom stereocenters. The van der Waals surface area contributed by atoms with Crippen molar-refractivity contribution >= 4 is 17.0 Å². The fraction of sp³-hybridized carbons (Fsp3) is 0.750. The van der Waals surface area contributed by atoms with E-state index in [1.807, 2.05) is 0 Å². The lowest BCUT2D eigenvalue weighted by Crippen LogP contribution is -2.46. The minimum Gasteiger partial charge on any atom is -0.352 e. The Bertz CT molecular complexity index is 303. The van der Waals surface area contributed by atoms with Crippen molar-refractivity contribution in [3.63, 3.8) is 0 Å². The topological polar surface area (TPSA) is 43.4 Å². The molecule has 0 aromatic heterocycles. The smallest absolute Gasteiger partial charge is 0.352 e. The second-order valence-electron chi connectivity index (χ2n) is 2.12. The highest BCUT2D eigenvalue weighted by molar-refractivity contribution is 7.81. The standard InChI is InChI=1S/C4F8O3S/c5-2(6,3(7,8)9)1(13)15-16(14)4(10,11)12. The Hall–Kier alpha value is -0.940. The van der Waals surface area contributed by atoms with E-state index < -0.39 is 34.7 Å². The molecule has 0 saturated heterocycles. The maximum absolute atomic E-state index is 12.0. The van der Waals surface area contributed by atoms with E-state index in [2.05, 4.69) is 4.18 Å². The van der Waals surface area contributed by atoms with Gasteiger partial charge in [0, 0.05) is 0 Å². The lowest BCUT2D eigenvalue weighted by molar-refractivity contribution is -0.276. The van der Waals surface area contributed by atoms with Crippen LogP contribution in [0.2, 0.25) is 0 Å². The van der Waals surface area contributed by atoms with Crippen LogP contribution in [0.25, 0.3) is 0 Å². The number of hydrogen-bond donors (Lipinski definition) is 0. The summed E-state index contributed by atoms with van der Waals surface area (Å²) in [5.74, 6) is -9.75. The normalized spacial score (nSPS) is 15.8. The Labute approximate surface area is 84.0 Å². The first-order valence-corrected chi connectivity index (χ1v) is 4.03. The number of carbonyl (C=O) groups is 1. The first-order chi connectivity index (χ1) is 6.80. The lowest BCUT2D eigenvalue weighted by atomic mass is 10.3. The number of carbonyl (C=O) groups excluding carboxylic acids is 1. The molecule has 0 heterocycles. The van der Waals surface area contributed by atoms with Gasteiger partial charge in [-0.15, -0.1) is 0 Å². The van der Waals surface area contributed by atoms with Crippen LogP contribution in [-0.2, 0) is 20.1 Å². The van der Waals surface area contributed by atoms with Crippen LogP contribution < -0.4 is 0 Å². The van der Waals surface area contributed by atoms with E-state index >= 15 is 0 Å². The summed E-state index contributed by atoms with van der Waals surface area (Å²) in [6, 6.07) is 0. The molecule has 0 bridgehead atoms. The van der Waals surface area contributed by atoms with Crippen LogP contribution in [0.3, 0.4) is 0 Å². The molecule has 0 spiro atoms. The summed E-state index contributed by atoms with van der Waals surface area (Å²) < 4.78 is 105. The van der Waals surface area contributed by atoms with Gasteiger partial charge in [0.05, 0.1) is 0 Å². The molecule has 0 aliphatic rings. The fourth-order valence-electron chi connectivity index (χ4n) is 0.284. The summed E-state index contributed by atoms with van der Waals surface area (Å²) in [7, 11) is 0. The van der Waals surface area contributed by atoms with Crippen molar-refractivity contribution in [1.82, 2.24) is 0 Å². The molecule has 0 aliphatic carbocycles. The summed E-state index contributed by atoms with van der Waals surface area (Å²) in [5.41, 5.74) is -5.74. The van der Waals surface area contributed by atoms with Crippen molar-refractivity contribution in [2.24, 2.45) is 0 Å². The molecule has 96 valence electrons. The van der Waals surface area contributed by atoms with Gasteiger partial charge in [0.25, 0.3) is 0 Å². The highest BCUT2D eigenvalue weighted by Gasteiger charge is 2.66. The molecule has 0 fully saturated rings. The molecule has 0 aromatic rings. The van der Waals surface area contributed by atoms with Crippen molar-refractivity contribution in [3.05, 3.63) is 0 Å². The quantitative estimate of drug-likeness (QED) is 0.726. The van der Waals surface area contributed by atoms with Crippen LogP contribution in [0.1, 0.15) is 0 Å². The molecular formula is C4F8O3S. The maximum Gasteiger partial charge on any atom is 0.508 e. The predicted octanol–water partition coefficient (Wildman–Crippen LogP) is 1.91. The highest BCUT2D eigenvalue weighted by atomic mass is 32.2. The van der Waals surface area contributed by atoms with E-state index in [1.165, 1.54) is 0 Å².